The van der Waals surface area contributed by atoms with Crippen LogP contribution < -0.4 is 10.1 Å². The number of hydrogen-bond donors (Lipinski definition) is 1. The van der Waals surface area contributed by atoms with E-state index in [-0.39, 0.29) is 5.54 Å². The maximum atomic E-state index is 6.20. The molecule has 1 aromatic carbocycles. The summed E-state index contributed by atoms with van der Waals surface area (Å²) in [6.07, 6.45) is 3.18. The molecule has 20 heavy (non-hydrogen) atoms. The van der Waals surface area contributed by atoms with Crippen molar-refractivity contribution < 1.29 is 4.74 Å². The molecule has 1 N–H and O–H groups in total. The van der Waals surface area contributed by atoms with Gasteiger partial charge in [0.25, 0.3) is 0 Å². The summed E-state index contributed by atoms with van der Waals surface area (Å²) in [6, 6.07) is 4.10. The van der Waals surface area contributed by atoms with E-state index in [4.69, 9.17) is 16.3 Å². The van der Waals surface area contributed by atoms with Crippen LogP contribution >= 0.6 is 11.6 Å². The molecule has 2 nitrogen and oxygen atoms in total. The summed E-state index contributed by atoms with van der Waals surface area (Å²) >= 11 is 6.20. The molecule has 1 aliphatic heterocycles. The van der Waals surface area contributed by atoms with Gasteiger partial charge in [0.05, 0.1) is 6.61 Å². The molecule has 0 bridgehead atoms. The molecule has 0 saturated heterocycles. The van der Waals surface area contributed by atoms with Crippen molar-refractivity contribution in [3.8, 4) is 5.75 Å². The van der Waals surface area contributed by atoms with Crippen molar-refractivity contribution in [2.45, 2.75) is 52.5 Å². The van der Waals surface area contributed by atoms with Crippen molar-refractivity contribution >= 4 is 11.6 Å². The highest BCUT2D eigenvalue weighted by molar-refractivity contribution is 6.30. The van der Waals surface area contributed by atoms with Crippen molar-refractivity contribution in [2.24, 2.45) is 5.92 Å². The third kappa shape index (κ3) is 4.39. The van der Waals surface area contributed by atoms with Crippen molar-refractivity contribution in [2.75, 3.05) is 13.2 Å². The maximum Gasteiger partial charge on any atom is 0.125 e. The van der Waals surface area contributed by atoms with Crippen molar-refractivity contribution in [3.05, 3.63) is 28.3 Å². The lowest BCUT2D eigenvalue weighted by Crippen LogP contribution is -2.38. The van der Waals surface area contributed by atoms with Gasteiger partial charge in [-0.05, 0) is 69.3 Å². The van der Waals surface area contributed by atoms with Crippen LogP contribution in [0.5, 0.6) is 5.75 Å². The molecule has 0 aromatic heterocycles. The number of halogens is 1. The molecular weight excluding hydrogens is 270 g/mol. The molecule has 1 heterocycles. The molecule has 3 heteroatoms. The van der Waals surface area contributed by atoms with E-state index in [2.05, 4.69) is 39.1 Å². The Morgan fingerprint density at radius 2 is 2.10 bits per heavy atom. The molecule has 112 valence electrons. The Kier molecular flexibility index (Phi) is 4.98. The molecule has 0 amide bonds. The summed E-state index contributed by atoms with van der Waals surface area (Å²) in [6.45, 7) is 10.8. The second-order valence-corrected chi connectivity index (χ2v) is 7.36. The zero-order valence-corrected chi connectivity index (χ0v) is 13.8. The van der Waals surface area contributed by atoms with Gasteiger partial charge in [-0.25, -0.2) is 0 Å². The predicted octanol–water partition coefficient (Wildman–Crippen LogP) is 4.23. The van der Waals surface area contributed by atoms with E-state index < -0.39 is 0 Å². The molecule has 0 aliphatic carbocycles. The molecule has 1 atom stereocenters. The highest BCUT2D eigenvalue weighted by Crippen LogP contribution is 2.33. The summed E-state index contributed by atoms with van der Waals surface area (Å²) in [5.41, 5.74) is 2.73. The van der Waals surface area contributed by atoms with Crippen LogP contribution in [0.3, 0.4) is 0 Å². The average molecular weight is 296 g/mol. The van der Waals surface area contributed by atoms with E-state index in [9.17, 15) is 0 Å². The Morgan fingerprint density at radius 1 is 1.35 bits per heavy atom. The van der Waals surface area contributed by atoms with Gasteiger partial charge in [-0.15, -0.1) is 0 Å². The predicted molar refractivity (Wildman–Crippen MR) is 85.9 cm³/mol. The van der Waals surface area contributed by atoms with E-state index in [0.29, 0.717) is 5.92 Å². The van der Waals surface area contributed by atoms with Gasteiger partial charge in [0.15, 0.2) is 0 Å². The standard InChI is InChI=1S/C17H26ClNO/c1-12(11-19-17(2,3)4)5-6-13-9-15(18)10-14-7-8-20-16(13)14/h9-10,12,19H,5-8,11H2,1-4H3. The van der Waals surface area contributed by atoms with Crippen LogP contribution in [0.2, 0.25) is 5.02 Å². The molecule has 1 aromatic rings. The first-order valence-corrected chi connectivity index (χ1v) is 7.92. The average Bonchev–Trinajstić information content (AvgIpc) is 2.80. The third-order valence-electron chi connectivity index (χ3n) is 3.71. The fourth-order valence-corrected chi connectivity index (χ4v) is 2.78. The van der Waals surface area contributed by atoms with Crippen LogP contribution in [0.15, 0.2) is 12.1 Å². The van der Waals surface area contributed by atoms with Gasteiger partial charge in [0.1, 0.15) is 5.75 Å². The Balaban J connectivity index is 1.91. The molecular formula is C17H26ClNO. The second-order valence-electron chi connectivity index (χ2n) is 6.93. The first-order valence-electron chi connectivity index (χ1n) is 7.54. The number of ether oxygens (including phenoxy) is 1. The SMILES string of the molecule is CC(CCc1cc(Cl)cc2c1OCC2)CNC(C)(C)C. The van der Waals surface area contributed by atoms with Crippen molar-refractivity contribution in [3.63, 3.8) is 0 Å². The number of aryl methyl sites for hydroxylation is 1. The van der Waals surface area contributed by atoms with Gasteiger partial charge in [-0.1, -0.05) is 18.5 Å². The van der Waals surface area contributed by atoms with Gasteiger partial charge in [0.2, 0.25) is 0 Å². The van der Waals surface area contributed by atoms with E-state index >= 15 is 0 Å². The molecule has 0 fully saturated rings. The first-order chi connectivity index (χ1) is 9.35. The van der Waals surface area contributed by atoms with Crippen LogP contribution in [0.4, 0.5) is 0 Å². The maximum absolute atomic E-state index is 6.20. The summed E-state index contributed by atoms with van der Waals surface area (Å²) < 4.78 is 5.76. The van der Waals surface area contributed by atoms with E-state index in [1.54, 1.807) is 0 Å². The normalized spacial score (nSPS) is 15.8. The molecule has 0 saturated carbocycles. The summed E-state index contributed by atoms with van der Waals surface area (Å²) in [5, 5.41) is 4.40. The smallest absolute Gasteiger partial charge is 0.125 e. The van der Waals surface area contributed by atoms with Crippen LogP contribution in [0.1, 0.15) is 45.2 Å². The van der Waals surface area contributed by atoms with Gasteiger partial charge in [0, 0.05) is 17.0 Å². The molecule has 1 aliphatic rings. The number of fused-ring (bicyclic) bond motifs is 1. The molecule has 0 radical (unpaired) electrons. The topological polar surface area (TPSA) is 21.3 Å². The monoisotopic (exact) mass is 295 g/mol. The zero-order chi connectivity index (χ0) is 14.8. The fourth-order valence-electron chi connectivity index (χ4n) is 2.52. The van der Waals surface area contributed by atoms with Crippen LogP contribution in [0.25, 0.3) is 0 Å². The Hall–Kier alpha value is -0.730. The van der Waals surface area contributed by atoms with Crippen molar-refractivity contribution in [1.82, 2.24) is 5.32 Å². The number of hydrogen-bond acceptors (Lipinski definition) is 2. The van der Waals surface area contributed by atoms with E-state index in [1.807, 2.05) is 6.07 Å². The first kappa shape index (κ1) is 15.7. The molecule has 2 rings (SSSR count). The minimum atomic E-state index is 0.189. The lowest BCUT2D eigenvalue weighted by Gasteiger charge is -2.23. The van der Waals surface area contributed by atoms with E-state index in [1.165, 1.54) is 11.1 Å². The summed E-state index contributed by atoms with van der Waals surface area (Å²) in [4.78, 5) is 0. The van der Waals surface area contributed by atoms with Gasteiger partial charge < -0.3 is 10.1 Å². The van der Waals surface area contributed by atoms with Gasteiger partial charge in [-0.3, -0.25) is 0 Å². The van der Waals surface area contributed by atoms with E-state index in [0.717, 1.165) is 43.2 Å². The van der Waals surface area contributed by atoms with Crippen molar-refractivity contribution in [1.29, 1.82) is 0 Å². The van der Waals surface area contributed by atoms with Crippen LogP contribution in [0, 0.1) is 5.92 Å². The zero-order valence-electron chi connectivity index (χ0n) is 13.1. The van der Waals surface area contributed by atoms with Crippen LogP contribution in [-0.4, -0.2) is 18.7 Å². The minimum Gasteiger partial charge on any atom is -0.493 e. The Labute approximate surface area is 127 Å². The van der Waals surface area contributed by atoms with Crippen LogP contribution in [-0.2, 0) is 12.8 Å². The Morgan fingerprint density at radius 3 is 2.80 bits per heavy atom. The third-order valence-corrected chi connectivity index (χ3v) is 3.93. The highest BCUT2D eigenvalue weighted by atomic mass is 35.5. The fraction of sp³-hybridized carbons (Fsp3) is 0.647. The second kappa shape index (κ2) is 6.36. The molecule has 0 spiro atoms. The lowest BCUT2D eigenvalue weighted by atomic mass is 9.97. The summed E-state index contributed by atoms with van der Waals surface area (Å²) in [7, 11) is 0. The van der Waals surface area contributed by atoms with Gasteiger partial charge >= 0.3 is 0 Å². The lowest BCUT2D eigenvalue weighted by molar-refractivity contribution is 0.349. The minimum absolute atomic E-state index is 0.189. The highest BCUT2D eigenvalue weighted by Gasteiger charge is 2.18. The quantitative estimate of drug-likeness (QED) is 0.877. The number of benzene rings is 1. The Bertz CT molecular complexity index is 465. The molecule has 1 unspecified atom stereocenters. The van der Waals surface area contributed by atoms with Gasteiger partial charge in [-0.2, -0.15) is 0 Å². The summed E-state index contributed by atoms with van der Waals surface area (Å²) in [5.74, 6) is 1.73. The number of nitrogens with one attached hydrogen (secondary N) is 1. The largest absolute Gasteiger partial charge is 0.493 e. The number of rotatable bonds is 5.